The Balaban J connectivity index is 0.000000329. The molecule has 3 aromatic rings. The van der Waals surface area contributed by atoms with E-state index in [2.05, 4.69) is 16.0 Å². The van der Waals surface area contributed by atoms with Crippen LogP contribution in [0.4, 0.5) is 0 Å². The van der Waals surface area contributed by atoms with E-state index in [1.54, 1.807) is 48.5 Å². The number of benzene rings is 2. The summed E-state index contributed by atoms with van der Waals surface area (Å²) in [5.74, 6) is 1.03. The van der Waals surface area contributed by atoms with E-state index in [0.717, 1.165) is 5.56 Å². The van der Waals surface area contributed by atoms with Crippen molar-refractivity contribution in [3.8, 4) is 11.5 Å². The van der Waals surface area contributed by atoms with E-state index in [0.29, 0.717) is 23.5 Å². The van der Waals surface area contributed by atoms with E-state index in [1.807, 2.05) is 25.1 Å². The molecule has 0 aliphatic heterocycles. The van der Waals surface area contributed by atoms with Crippen molar-refractivity contribution in [1.29, 1.82) is 0 Å². The van der Waals surface area contributed by atoms with E-state index in [-0.39, 0.29) is 5.24 Å². The summed E-state index contributed by atoms with van der Waals surface area (Å²) in [6.07, 6.45) is 2.13. The Bertz CT molecular complexity index is 719. The number of phenols is 2. The van der Waals surface area contributed by atoms with Crippen molar-refractivity contribution in [2.75, 3.05) is 0 Å². The molecule has 138 valence electrons. The zero-order chi connectivity index (χ0) is 19.8. The van der Waals surface area contributed by atoms with Gasteiger partial charge in [-0.1, -0.05) is 30.3 Å². The quantitative estimate of drug-likeness (QED) is 0.463. The van der Waals surface area contributed by atoms with Crippen molar-refractivity contribution in [3.63, 3.8) is 0 Å². The summed E-state index contributed by atoms with van der Waals surface area (Å²) in [5.41, 5.74) is 1.09. The van der Waals surface area contributed by atoms with Crippen LogP contribution < -0.4 is 0 Å². The molecule has 0 bridgehead atoms. The van der Waals surface area contributed by atoms with Gasteiger partial charge < -0.3 is 14.6 Å². The van der Waals surface area contributed by atoms with E-state index in [9.17, 15) is 9.59 Å². The molecule has 2 aromatic carbocycles. The van der Waals surface area contributed by atoms with Gasteiger partial charge in [0, 0.05) is 6.92 Å². The third-order valence-electron chi connectivity index (χ3n) is 2.42. The normalized spacial score (nSPS) is 8.42. The van der Waals surface area contributed by atoms with Crippen LogP contribution in [0.1, 0.15) is 23.0 Å². The number of phenolic OH excluding ortho intramolecular Hbond substituents is 2. The van der Waals surface area contributed by atoms with Gasteiger partial charge in [-0.15, -0.1) is 0 Å². The van der Waals surface area contributed by atoms with Gasteiger partial charge in [-0.2, -0.15) is 0 Å². The number of aldehydes is 1. The van der Waals surface area contributed by atoms with Crippen molar-refractivity contribution in [1.82, 2.24) is 0 Å². The van der Waals surface area contributed by atoms with E-state index < -0.39 is 0 Å². The number of halogens is 1. The summed E-state index contributed by atoms with van der Waals surface area (Å²) in [6, 6.07) is 19.1. The molecule has 0 saturated carbocycles. The smallest absolute Gasteiger partial charge is 0.218 e. The lowest BCUT2D eigenvalue weighted by Crippen LogP contribution is -1.66. The zero-order valence-corrected chi connectivity index (χ0v) is 15.3. The van der Waals surface area contributed by atoms with Gasteiger partial charge in [0.25, 0.3) is 0 Å². The molecule has 0 aliphatic carbocycles. The fraction of sp³-hybridized carbons (Fsp3) is 0.100. The van der Waals surface area contributed by atoms with Crippen LogP contribution in [0, 0.1) is 6.92 Å². The predicted octanol–water partition coefficient (Wildman–Crippen LogP) is 4.96. The fourth-order valence-corrected chi connectivity index (χ4v) is 1.41. The number of rotatable bonds is 1. The second-order valence-corrected chi connectivity index (χ2v) is 5.31. The van der Waals surface area contributed by atoms with Crippen molar-refractivity contribution in [3.05, 3.63) is 84.3 Å². The molecule has 0 saturated heterocycles. The van der Waals surface area contributed by atoms with Gasteiger partial charge in [-0.05, 0) is 60.5 Å². The van der Waals surface area contributed by atoms with Gasteiger partial charge in [0.1, 0.15) is 11.5 Å². The number of para-hydroxylation sites is 1. The molecule has 0 atom stereocenters. The SMILES string of the molecule is CC(=O)Cl.Cc1cccc(O)c1.O=Cc1ccco1.Oc1ccccc1. The van der Waals surface area contributed by atoms with Crippen molar-refractivity contribution >= 4 is 23.1 Å². The number of carbonyl (C=O) groups excluding carboxylic acids is 2. The number of aryl methyl sites for hydroxylation is 1. The Kier molecular flexibility index (Phi) is 12.6. The lowest BCUT2D eigenvalue weighted by molar-refractivity contribution is -0.109. The Morgan fingerprint density at radius 2 is 1.54 bits per heavy atom. The summed E-state index contributed by atoms with van der Waals surface area (Å²) < 4.78 is 4.61. The molecule has 0 radical (unpaired) electrons. The maximum absolute atomic E-state index is 9.77. The van der Waals surface area contributed by atoms with Crippen LogP contribution in [-0.2, 0) is 4.79 Å². The Morgan fingerprint density at radius 1 is 0.962 bits per heavy atom. The molecule has 1 aromatic heterocycles. The molecular formula is C20H21ClO5. The first-order chi connectivity index (χ1) is 12.3. The molecule has 1 heterocycles. The Hall–Kier alpha value is -3.05. The highest BCUT2D eigenvalue weighted by Crippen LogP contribution is 2.08. The molecule has 0 spiro atoms. The molecule has 6 heteroatoms. The van der Waals surface area contributed by atoms with Crippen molar-refractivity contribution in [2.45, 2.75) is 13.8 Å². The van der Waals surface area contributed by atoms with E-state index >= 15 is 0 Å². The molecule has 26 heavy (non-hydrogen) atoms. The largest absolute Gasteiger partial charge is 0.508 e. The molecule has 5 nitrogen and oxygen atoms in total. The van der Waals surface area contributed by atoms with Crippen LogP contribution in [0.15, 0.2) is 77.4 Å². The number of furan rings is 1. The van der Waals surface area contributed by atoms with Crippen LogP contribution in [0.2, 0.25) is 0 Å². The molecule has 0 unspecified atom stereocenters. The number of hydrogen-bond acceptors (Lipinski definition) is 5. The molecular weight excluding hydrogens is 356 g/mol. The minimum atomic E-state index is -0.361. The second kappa shape index (κ2) is 14.3. The first-order valence-electron chi connectivity index (χ1n) is 7.49. The van der Waals surface area contributed by atoms with E-state index in [4.69, 9.17) is 10.2 Å². The van der Waals surface area contributed by atoms with Gasteiger partial charge >= 0.3 is 0 Å². The van der Waals surface area contributed by atoms with Gasteiger partial charge in [0.2, 0.25) is 5.24 Å². The molecule has 0 amide bonds. The average Bonchev–Trinajstić information content (AvgIpc) is 3.10. The monoisotopic (exact) mass is 376 g/mol. The van der Waals surface area contributed by atoms with Gasteiger partial charge in [-0.25, -0.2) is 0 Å². The first-order valence-corrected chi connectivity index (χ1v) is 7.87. The molecule has 0 fully saturated rings. The summed E-state index contributed by atoms with van der Waals surface area (Å²) in [4.78, 5) is 19.0. The van der Waals surface area contributed by atoms with Gasteiger partial charge in [-0.3, -0.25) is 9.59 Å². The van der Waals surface area contributed by atoms with Crippen LogP contribution in [-0.4, -0.2) is 21.7 Å². The molecule has 3 rings (SSSR count). The predicted molar refractivity (Wildman–Crippen MR) is 102 cm³/mol. The number of aromatic hydroxyl groups is 2. The summed E-state index contributed by atoms with van der Waals surface area (Å²) >= 11 is 4.64. The van der Waals surface area contributed by atoms with Gasteiger partial charge in [0.05, 0.1) is 6.26 Å². The number of carbonyl (C=O) groups is 2. The first kappa shape index (κ1) is 22.9. The maximum Gasteiger partial charge on any atom is 0.218 e. The summed E-state index contributed by atoms with van der Waals surface area (Å²) in [7, 11) is 0. The highest BCUT2D eigenvalue weighted by molar-refractivity contribution is 6.62. The number of hydrogen-bond donors (Lipinski definition) is 2. The summed E-state index contributed by atoms with van der Waals surface area (Å²) in [6.45, 7) is 3.24. The highest BCUT2D eigenvalue weighted by Gasteiger charge is 1.85. The topological polar surface area (TPSA) is 87.7 Å². The highest BCUT2D eigenvalue weighted by atomic mass is 35.5. The van der Waals surface area contributed by atoms with Crippen LogP contribution in [0.25, 0.3) is 0 Å². The lowest BCUT2D eigenvalue weighted by atomic mass is 10.2. The Labute approximate surface area is 157 Å². The minimum Gasteiger partial charge on any atom is -0.508 e. The third-order valence-corrected chi connectivity index (χ3v) is 2.42. The van der Waals surface area contributed by atoms with E-state index in [1.165, 1.54) is 13.2 Å². The Morgan fingerprint density at radius 3 is 1.81 bits per heavy atom. The zero-order valence-electron chi connectivity index (χ0n) is 14.5. The fourth-order valence-electron chi connectivity index (χ4n) is 1.41. The van der Waals surface area contributed by atoms with Gasteiger partial charge in [0.15, 0.2) is 12.0 Å². The van der Waals surface area contributed by atoms with Crippen LogP contribution in [0.5, 0.6) is 11.5 Å². The molecule has 2 N–H and O–H groups in total. The molecule has 0 aliphatic rings. The van der Waals surface area contributed by atoms with Crippen LogP contribution >= 0.6 is 11.6 Å². The summed E-state index contributed by atoms with van der Waals surface area (Å²) in [5, 5.41) is 17.1. The third kappa shape index (κ3) is 14.5. The van der Waals surface area contributed by atoms with Crippen LogP contribution in [0.3, 0.4) is 0 Å². The minimum absolute atomic E-state index is 0.322. The average molecular weight is 377 g/mol. The second-order valence-electron chi connectivity index (χ2n) is 4.78. The maximum atomic E-state index is 9.77. The van der Waals surface area contributed by atoms with Crippen molar-refractivity contribution < 1.29 is 24.2 Å². The standard InChI is InChI=1S/C7H8O.C6H6O.C5H4O2.C2H3ClO/c1-6-3-2-4-7(8)5-6;7-6-4-2-1-3-5-6;6-4-5-2-1-3-7-5;1-2(3)4/h2-5,8H,1H3;1-5,7H;1-4H;1H3. The van der Waals surface area contributed by atoms with Crippen molar-refractivity contribution in [2.24, 2.45) is 0 Å². The lowest BCUT2D eigenvalue weighted by Gasteiger charge is -1.89.